The molecule has 6 heteroatoms. The molecule has 2 amide bonds. The Labute approximate surface area is 106 Å². The lowest BCUT2D eigenvalue weighted by Gasteiger charge is -2.14. The topological polar surface area (TPSA) is 80.4 Å². The molecular formula is C12H18N4O2. The van der Waals surface area contributed by atoms with Gasteiger partial charge in [0, 0.05) is 32.4 Å². The van der Waals surface area contributed by atoms with Crippen LogP contribution in [0.25, 0.3) is 0 Å². The molecule has 0 bridgehead atoms. The van der Waals surface area contributed by atoms with E-state index in [1.165, 1.54) is 0 Å². The van der Waals surface area contributed by atoms with E-state index in [2.05, 4.69) is 5.32 Å². The standard InChI is InChI=1S/C12H18N4O2/c1-15-5-2-3-10(15)12(18)14-11(17)8-16-6-4-9(13)7-16/h2-3,5,9H,4,6-8,13H2,1H3,(H,14,17,18)/t9-/m0/s1. The first-order valence-electron chi connectivity index (χ1n) is 5.99. The minimum Gasteiger partial charge on any atom is -0.347 e. The predicted octanol–water partition coefficient (Wildman–Crippen LogP) is -0.685. The third-order valence-electron chi connectivity index (χ3n) is 3.11. The lowest BCUT2D eigenvalue weighted by molar-refractivity contribution is -0.121. The minimum absolute atomic E-state index is 0.140. The fourth-order valence-electron chi connectivity index (χ4n) is 2.14. The number of carbonyl (C=O) groups excluding carboxylic acids is 2. The number of aryl methyl sites for hydroxylation is 1. The fraction of sp³-hybridized carbons (Fsp3) is 0.500. The lowest BCUT2D eigenvalue weighted by atomic mass is 10.3. The molecule has 1 aromatic heterocycles. The number of carbonyl (C=O) groups is 2. The number of nitrogens with one attached hydrogen (secondary N) is 1. The summed E-state index contributed by atoms with van der Waals surface area (Å²) in [4.78, 5) is 25.4. The van der Waals surface area contributed by atoms with Crippen molar-refractivity contribution in [2.45, 2.75) is 12.5 Å². The van der Waals surface area contributed by atoms with Gasteiger partial charge in [-0.1, -0.05) is 0 Å². The molecular weight excluding hydrogens is 232 g/mol. The van der Waals surface area contributed by atoms with Crippen LogP contribution in [0.3, 0.4) is 0 Å². The lowest BCUT2D eigenvalue weighted by Crippen LogP contribution is -2.40. The van der Waals surface area contributed by atoms with Crippen molar-refractivity contribution in [1.29, 1.82) is 0 Å². The second kappa shape index (κ2) is 5.32. The van der Waals surface area contributed by atoms with Crippen LogP contribution in [0.15, 0.2) is 18.3 Å². The van der Waals surface area contributed by atoms with Crippen molar-refractivity contribution in [2.75, 3.05) is 19.6 Å². The van der Waals surface area contributed by atoms with Crippen molar-refractivity contribution in [1.82, 2.24) is 14.8 Å². The van der Waals surface area contributed by atoms with E-state index in [9.17, 15) is 9.59 Å². The molecule has 0 saturated carbocycles. The number of rotatable bonds is 3. The van der Waals surface area contributed by atoms with Crippen LogP contribution >= 0.6 is 0 Å². The van der Waals surface area contributed by atoms with E-state index >= 15 is 0 Å². The van der Waals surface area contributed by atoms with Crippen LogP contribution in [-0.4, -0.2) is 47.0 Å². The summed E-state index contributed by atoms with van der Waals surface area (Å²) in [5.41, 5.74) is 6.23. The first-order valence-corrected chi connectivity index (χ1v) is 5.99. The molecule has 2 rings (SSSR count). The summed E-state index contributed by atoms with van der Waals surface area (Å²) in [6.45, 7) is 1.75. The molecule has 0 aliphatic carbocycles. The maximum atomic E-state index is 11.8. The number of amides is 2. The van der Waals surface area contributed by atoms with Gasteiger partial charge in [0.1, 0.15) is 5.69 Å². The van der Waals surface area contributed by atoms with E-state index in [-0.39, 0.29) is 24.4 Å². The number of likely N-dealkylation sites (tertiary alicyclic amines) is 1. The van der Waals surface area contributed by atoms with Crippen molar-refractivity contribution < 1.29 is 9.59 Å². The van der Waals surface area contributed by atoms with Crippen LogP contribution in [-0.2, 0) is 11.8 Å². The number of hydrogen-bond donors (Lipinski definition) is 2. The summed E-state index contributed by atoms with van der Waals surface area (Å²) in [5, 5.41) is 2.38. The van der Waals surface area contributed by atoms with Crippen molar-refractivity contribution >= 4 is 11.8 Å². The first kappa shape index (κ1) is 12.8. The maximum Gasteiger partial charge on any atom is 0.274 e. The largest absolute Gasteiger partial charge is 0.347 e. The highest BCUT2D eigenvalue weighted by atomic mass is 16.2. The molecule has 0 spiro atoms. The summed E-state index contributed by atoms with van der Waals surface area (Å²) in [5.74, 6) is -0.647. The molecule has 1 atom stereocenters. The average Bonchev–Trinajstić information content (AvgIpc) is 2.87. The van der Waals surface area contributed by atoms with Crippen LogP contribution in [0.1, 0.15) is 16.9 Å². The van der Waals surface area contributed by atoms with Gasteiger partial charge in [-0.15, -0.1) is 0 Å². The second-order valence-corrected chi connectivity index (χ2v) is 4.67. The summed E-state index contributed by atoms with van der Waals surface area (Å²) >= 11 is 0. The van der Waals surface area contributed by atoms with E-state index in [0.717, 1.165) is 13.0 Å². The molecule has 2 heterocycles. The number of nitrogens with zero attached hydrogens (tertiary/aromatic N) is 2. The third kappa shape index (κ3) is 2.96. The zero-order valence-electron chi connectivity index (χ0n) is 10.4. The van der Waals surface area contributed by atoms with Gasteiger partial charge < -0.3 is 10.3 Å². The zero-order chi connectivity index (χ0) is 13.1. The summed E-state index contributed by atoms with van der Waals surface area (Å²) < 4.78 is 1.67. The smallest absolute Gasteiger partial charge is 0.274 e. The van der Waals surface area contributed by atoms with E-state index < -0.39 is 0 Å². The quantitative estimate of drug-likeness (QED) is 0.744. The molecule has 1 fully saturated rings. The van der Waals surface area contributed by atoms with Gasteiger partial charge >= 0.3 is 0 Å². The van der Waals surface area contributed by atoms with Gasteiger partial charge in [-0.25, -0.2) is 0 Å². The zero-order valence-corrected chi connectivity index (χ0v) is 10.4. The average molecular weight is 250 g/mol. The van der Waals surface area contributed by atoms with Crippen LogP contribution < -0.4 is 11.1 Å². The Kier molecular flexibility index (Phi) is 3.78. The van der Waals surface area contributed by atoms with Gasteiger partial charge in [0.15, 0.2) is 0 Å². The monoisotopic (exact) mass is 250 g/mol. The molecule has 98 valence electrons. The summed E-state index contributed by atoms with van der Waals surface area (Å²) in [6.07, 6.45) is 2.66. The molecule has 18 heavy (non-hydrogen) atoms. The molecule has 0 aromatic carbocycles. The van der Waals surface area contributed by atoms with Crippen molar-refractivity contribution in [2.24, 2.45) is 12.8 Å². The summed E-state index contributed by atoms with van der Waals surface area (Å²) in [7, 11) is 1.76. The Balaban J connectivity index is 1.84. The van der Waals surface area contributed by atoms with Gasteiger partial charge in [0.2, 0.25) is 5.91 Å². The highest BCUT2D eigenvalue weighted by molar-refractivity contribution is 6.04. The molecule has 6 nitrogen and oxygen atoms in total. The van der Waals surface area contributed by atoms with Gasteiger partial charge in [0.05, 0.1) is 6.54 Å². The van der Waals surface area contributed by atoms with Crippen molar-refractivity contribution in [3.63, 3.8) is 0 Å². The SMILES string of the molecule is Cn1cccc1C(=O)NC(=O)CN1CC[C@H](N)C1. The third-order valence-corrected chi connectivity index (χ3v) is 3.11. The molecule has 1 saturated heterocycles. The molecule has 1 aliphatic rings. The van der Waals surface area contributed by atoms with Crippen LogP contribution in [0.5, 0.6) is 0 Å². The Hall–Kier alpha value is -1.66. The van der Waals surface area contributed by atoms with Crippen molar-refractivity contribution in [3.8, 4) is 0 Å². The van der Waals surface area contributed by atoms with Crippen LogP contribution in [0.4, 0.5) is 0 Å². The van der Waals surface area contributed by atoms with Crippen LogP contribution in [0, 0.1) is 0 Å². The highest BCUT2D eigenvalue weighted by Gasteiger charge is 2.22. The highest BCUT2D eigenvalue weighted by Crippen LogP contribution is 2.05. The normalized spacial score (nSPS) is 20.0. The number of hydrogen-bond acceptors (Lipinski definition) is 4. The number of imide groups is 1. The Morgan fingerprint density at radius 1 is 1.56 bits per heavy atom. The second-order valence-electron chi connectivity index (χ2n) is 4.67. The van der Waals surface area contributed by atoms with E-state index in [0.29, 0.717) is 12.2 Å². The Bertz CT molecular complexity index is 455. The fourth-order valence-corrected chi connectivity index (χ4v) is 2.14. The maximum absolute atomic E-state index is 11.8. The van der Waals surface area contributed by atoms with Gasteiger partial charge in [-0.3, -0.25) is 19.8 Å². The first-order chi connectivity index (χ1) is 8.56. The Morgan fingerprint density at radius 2 is 2.33 bits per heavy atom. The number of aromatic nitrogens is 1. The minimum atomic E-state index is -0.365. The van der Waals surface area contributed by atoms with Crippen LogP contribution in [0.2, 0.25) is 0 Å². The van der Waals surface area contributed by atoms with E-state index in [4.69, 9.17) is 5.73 Å². The molecule has 1 aromatic rings. The van der Waals surface area contributed by atoms with Crippen molar-refractivity contribution in [3.05, 3.63) is 24.0 Å². The Morgan fingerprint density at radius 3 is 2.89 bits per heavy atom. The van der Waals surface area contributed by atoms with Gasteiger partial charge in [-0.2, -0.15) is 0 Å². The van der Waals surface area contributed by atoms with Gasteiger partial charge in [-0.05, 0) is 18.6 Å². The summed E-state index contributed by atoms with van der Waals surface area (Å²) in [6, 6.07) is 3.58. The van der Waals surface area contributed by atoms with E-state index in [1.807, 2.05) is 4.90 Å². The number of nitrogens with two attached hydrogens (primary N) is 1. The van der Waals surface area contributed by atoms with Gasteiger partial charge in [0.25, 0.3) is 5.91 Å². The molecule has 3 N–H and O–H groups in total. The predicted molar refractivity (Wildman–Crippen MR) is 66.9 cm³/mol. The van der Waals surface area contributed by atoms with E-state index in [1.54, 1.807) is 29.9 Å². The molecule has 1 aliphatic heterocycles. The molecule has 0 radical (unpaired) electrons. The molecule has 0 unspecified atom stereocenters.